The number of rotatable bonds is 3. The van der Waals surface area contributed by atoms with Gasteiger partial charge in [-0.25, -0.2) is 0 Å². The van der Waals surface area contributed by atoms with Gasteiger partial charge in [0.05, 0.1) is 6.61 Å². The van der Waals surface area contributed by atoms with Gasteiger partial charge in [0.25, 0.3) is 0 Å². The summed E-state index contributed by atoms with van der Waals surface area (Å²) in [6, 6.07) is -1.03. The fraction of sp³-hybridized carbons (Fsp3) is 1.00. The minimum absolute atomic E-state index is 0.620. The molecular weight excluding hydrogens is 318 g/mol. The Morgan fingerprint density at radius 3 is 1.70 bits per heavy atom. The highest BCUT2D eigenvalue weighted by molar-refractivity contribution is 5.00. The Morgan fingerprint density at radius 2 is 1.22 bits per heavy atom. The molecule has 2 rings (SSSR count). The standard InChI is InChI=1S/C12H23NO10/c13-3-5(16)4(15)2(1-14)22-12(3)23-11-9(20)7(18)6(17)8(19)10(11)21/h2-12,14-21H,1,13H2/p+1/t2-,3-,4-,5-,6?,7-,8-,9-,10+,11?,12-/m1/s1. The largest absolute Gasteiger partial charge is 0.394 e. The Morgan fingerprint density at radius 1 is 0.739 bits per heavy atom. The summed E-state index contributed by atoms with van der Waals surface area (Å²) in [5, 5.41) is 77.3. The number of hydrogen-bond donors (Lipinski definition) is 9. The van der Waals surface area contributed by atoms with Crippen molar-refractivity contribution in [1.82, 2.24) is 0 Å². The Balaban J connectivity index is 2.13. The van der Waals surface area contributed by atoms with Crippen molar-refractivity contribution < 1.29 is 56.1 Å². The normalized spacial score (nSPS) is 54.9. The average Bonchev–Trinajstić information content (AvgIpc) is 2.54. The fourth-order valence-corrected chi connectivity index (χ4v) is 2.78. The van der Waals surface area contributed by atoms with Crippen molar-refractivity contribution in [3.8, 4) is 0 Å². The van der Waals surface area contributed by atoms with Gasteiger partial charge in [-0.2, -0.15) is 0 Å². The predicted molar refractivity (Wildman–Crippen MR) is 69.3 cm³/mol. The Kier molecular flexibility index (Phi) is 5.92. The van der Waals surface area contributed by atoms with Crippen LogP contribution in [0.3, 0.4) is 0 Å². The van der Waals surface area contributed by atoms with Crippen LogP contribution >= 0.6 is 0 Å². The highest BCUT2D eigenvalue weighted by Gasteiger charge is 2.53. The first-order valence-corrected chi connectivity index (χ1v) is 7.22. The molecule has 0 radical (unpaired) electrons. The van der Waals surface area contributed by atoms with E-state index in [0.29, 0.717) is 0 Å². The summed E-state index contributed by atoms with van der Waals surface area (Å²) in [4.78, 5) is 0. The van der Waals surface area contributed by atoms with Gasteiger partial charge in [0, 0.05) is 0 Å². The van der Waals surface area contributed by atoms with Crippen LogP contribution in [0.2, 0.25) is 0 Å². The van der Waals surface area contributed by atoms with Crippen LogP contribution in [0.5, 0.6) is 0 Å². The molecule has 0 aromatic heterocycles. The van der Waals surface area contributed by atoms with Crippen LogP contribution in [-0.2, 0) is 9.47 Å². The lowest BCUT2D eigenvalue weighted by atomic mass is 9.84. The van der Waals surface area contributed by atoms with Gasteiger partial charge in [0.15, 0.2) is 6.04 Å². The van der Waals surface area contributed by atoms with E-state index in [4.69, 9.17) is 14.6 Å². The van der Waals surface area contributed by atoms with Gasteiger partial charge in [0.1, 0.15) is 54.9 Å². The van der Waals surface area contributed by atoms with Crippen LogP contribution in [0.1, 0.15) is 0 Å². The number of aliphatic hydroxyl groups excluding tert-OH is 8. The lowest BCUT2D eigenvalue weighted by Gasteiger charge is -2.45. The van der Waals surface area contributed by atoms with Gasteiger partial charge < -0.3 is 56.1 Å². The molecule has 11 nitrogen and oxygen atoms in total. The van der Waals surface area contributed by atoms with Crippen molar-refractivity contribution in [1.29, 1.82) is 0 Å². The molecule has 0 bridgehead atoms. The first-order valence-electron chi connectivity index (χ1n) is 7.22. The maximum Gasteiger partial charge on any atom is 0.214 e. The molecule has 1 heterocycles. The molecule has 11 N–H and O–H groups in total. The molecule has 11 atom stereocenters. The van der Waals surface area contributed by atoms with Gasteiger partial charge >= 0.3 is 0 Å². The molecule has 2 unspecified atom stereocenters. The van der Waals surface area contributed by atoms with Crippen molar-refractivity contribution in [2.45, 2.75) is 67.3 Å². The molecule has 0 spiro atoms. The fourth-order valence-electron chi connectivity index (χ4n) is 2.78. The molecule has 1 saturated heterocycles. The summed E-state index contributed by atoms with van der Waals surface area (Å²) < 4.78 is 10.5. The molecule has 11 heteroatoms. The van der Waals surface area contributed by atoms with Crippen LogP contribution in [0.25, 0.3) is 0 Å². The molecule has 1 saturated carbocycles. The van der Waals surface area contributed by atoms with Gasteiger partial charge in [-0.1, -0.05) is 0 Å². The van der Waals surface area contributed by atoms with E-state index in [2.05, 4.69) is 5.73 Å². The molecule has 1 aliphatic carbocycles. The quantitative estimate of drug-likeness (QED) is 0.237. The third-order valence-electron chi connectivity index (χ3n) is 4.37. The van der Waals surface area contributed by atoms with Gasteiger partial charge in [0.2, 0.25) is 6.29 Å². The highest BCUT2D eigenvalue weighted by atomic mass is 16.7. The SMILES string of the molecule is [NH3+][C@H]1[C@@H](OC2[C@@H](O)[C@H](O)C(O)[C@@H](O)[C@H]2O)O[C@H](CO)[C@@H](O)[C@@H]1O. The van der Waals surface area contributed by atoms with E-state index in [1.807, 2.05) is 0 Å². The van der Waals surface area contributed by atoms with E-state index in [-0.39, 0.29) is 0 Å². The first kappa shape index (κ1) is 18.9. The lowest BCUT2D eigenvalue weighted by molar-refractivity contribution is -0.506. The van der Waals surface area contributed by atoms with E-state index >= 15 is 0 Å². The van der Waals surface area contributed by atoms with Crippen molar-refractivity contribution in [3.05, 3.63) is 0 Å². The summed E-state index contributed by atoms with van der Waals surface area (Å²) in [5.41, 5.74) is 3.57. The zero-order valence-corrected chi connectivity index (χ0v) is 12.2. The zero-order chi connectivity index (χ0) is 17.5. The van der Waals surface area contributed by atoms with Crippen molar-refractivity contribution in [2.24, 2.45) is 0 Å². The molecule has 23 heavy (non-hydrogen) atoms. The predicted octanol–water partition coefficient (Wildman–Crippen LogP) is -6.76. The van der Waals surface area contributed by atoms with Crippen molar-refractivity contribution >= 4 is 0 Å². The molecule has 2 aliphatic rings. The van der Waals surface area contributed by atoms with Crippen LogP contribution in [0.15, 0.2) is 0 Å². The minimum Gasteiger partial charge on any atom is -0.394 e. The van der Waals surface area contributed by atoms with E-state index in [9.17, 15) is 35.7 Å². The Hall–Kier alpha value is -0.440. The van der Waals surface area contributed by atoms with E-state index in [1.54, 1.807) is 0 Å². The molecule has 0 amide bonds. The summed E-state index contributed by atoms with van der Waals surface area (Å²) in [6.07, 6.45) is -15.6. The third-order valence-corrected chi connectivity index (χ3v) is 4.37. The number of aliphatic hydroxyl groups is 8. The van der Waals surface area contributed by atoms with Gasteiger partial charge in [-0.15, -0.1) is 0 Å². The maximum absolute atomic E-state index is 9.91. The second-order valence-corrected chi connectivity index (χ2v) is 5.92. The van der Waals surface area contributed by atoms with Gasteiger partial charge in [-0.3, -0.25) is 0 Å². The van der Waals surface area contributed by atoms with Crippen molar-refractivity contribution in [2.75, 3.05) is 6.61 Å². The third kappa shape index (κ3) is 3.36. The van der Waals surface area contributed by atoms with Crippen LogP contribution in [0.4, 0.5) is 0 Å². The summed E-state index contributed by atoms with van der Waals surface area (Å²) >= 11 is 0. The first-order chi connectivity index (χ1) is 10.7. The van der Waals surface area contributed by atoms with E-state index in [1.165, 1.54) is 0 Å². The molecule has 2 fully saturated rings. The molecular formula is C12H24NO10+. The topological polar surface area (TPSA) is 208 Å². The Labute approximate surface area is 131 Å². The summed E-state index contributed by atoms with van der Waals surface area (Å²) in [6.45, 7) is -0.620. The molecule has 0 aromatic rings. The summed E-state index contributed by atoms with van der Waals surface area (Å²) in [7, 11) is 0. The Bertz CT molecular complexity index is 382. The zero-order valence-electron chi connectivity index (χ0n) is 12.2. The van der Waals surface area contributed by atoms with E-state index in [0.717, 1.165) is 0 Å². The van der Waals surface area contributed by atoms with E-state index < -0.39 is 73.9 Å². The number of hydrogen-bond acceptors (Lipinski definition) is 10. The number of ether oxygens (including phenoxy) is 2. The number of quaternary nitrogens is 1. The second kappa shape index (κ2) is 7.21. The van der Waals surface area contributed by atoms with Crippen LogP contribution in [0, 0.1) is 0 Å². The average molecular weight is 342 g/mol. The molecule has 0 aromatic carbocycles. The molecule has 1 aliphatic heterocycles. The smallest absolute Gasteiger partial charge is 0.214 e. The molecule has 136 valence electrons. The van der Waals surface area contributed by atoms with Crippen LogP contribution in [-0.4, -0.2) is 115 Å². The minimum atomic E-state index is -1.77. The second-order valence-electron chi connectivity index (χ2n) is 5.92. The van der Waals surface area contributed by atoms with Crippen molar-refractivity contribution in [3.63, 3.8) is 0 Å². The van der Waals surface area contributed by atoms with Crippen LogP contribution < -0.4 is 5.73 Å². The van der Waals surface area contributed by atoms with Gasteiger partial charge in [-0.05, 0) is 0 Å². The summed E-state index contributed by atoms with van der Waals surface area (Å²) in [5.74, 6) is 0. The highest BCUT2D eigenvalue weighted by Crippen LogP contribution is 2.28. The monoisotopic (exact) mass is 342 g/mol. The maximum atomic E-state index is 9.91. The lowest BCUT2D eigenvalue weighted by Crippen LogP contribution is -2.79.